The van der Waals surface area contributed by atoms with Gasteiger partial charge in [0.1, 0.15) is 5.75 Å². The number of sulfonamides is 1. The minimum atomic E-state index is -4.18. The fourth-order valence-corrected chi connectivity index (χ4v) is 11.3. The molecule has 1 aliphatic carbocycles. The number of hydrogen-bond acceptors (Lipinski definition) is 11. The van der Waals surface area contributed by atoms with E-state index in [0.29, 0.717) is 44.4 Å². The van der Waals surface area contributed by atoms with Crippen molar-refractivity contribution in [1.82, 2.24) is 9.21 Å². The maximum Gasteiger partial charge on any atom is 0.475 e. The van der Waals surface area contributed by atoms with Crippen LogP contribution >= 0.6 is 7.82 Å². The molecule has 3 aliphatic rings. The Hall–Kier alpha value is -3.98. The summed E-state index contributed by atoms with van der Waals surface area (Å²) in [5.41, 5.74) is 1.89. The summed E-state index contributed by atoms with van der Waals surface area (Å²) in [5, 5.41) is 23.5. The van der Waals surface area contributed by atoms with E-state index >= 15 is 0 Å². The molecule has 13 nitrogen and oxygen atoms in total. The molecule has 55 heavy (non-hydrogen) atoms. The molecule has 2 saturated heterocycles. The number of non-ortho nitro benzene ring substituents is 1. The Kier molecular flexibility index (Phi) is 11.6. The number of nitrogens with zero attached hydrogens (tertiary/aromatic N) is 3. The molecule has 0 aromatic heterocycles. The van der Waals surface area contributed by atoms with Crippen LogP contribution in [0.2, 0.25) is 0 Å². The number of phosphoric ester groups is 1. The Bertz CT molecular complexity index is 2050. The van der Waals surface area contributed by atoms with E-state index in [1.807, 2.05) is 84.9 Å². The fraction of sp³-hybridized carbons (Fsp3) is 0.400. The summed E-state index contributed by atoms with van der Waals surface area (Å²) >= 11 is 0. The van der Waals surface area contributed by atoms with Crippen LogP contribution in [0, 0.1) is 16.0 Å². The molecule has 0 radical (unpaired) electrons. The number of methoxy groups -OCH3 is 1. The van der Waals surface area contributed by atoms with Gasteiger partial charge in [0.15, 0.2) is 0 Å². The number of nitro groups is 1. The molecule has 7 rings (SSSR count). The monoisotopic (exact) mass is 791 g/mol. The smallest absolute Gasteiger partial charge is 0.475 e. The Balaban J connectivity index is 1.16. The Morgan fingerprint density at radius 1 is 0.891 bits per heavy atom. The van der Waals surface area contributed by atoms with Crippen molar-refractivity contribution in [2.75, 3.05) is 20.7 Å². The Morgan fingerprint density at radius 3 is 2.05 bits per heavy atom. The third-order valence-corrected chi connectivity index (χ3v) is 14.8. The molecule has 6 atom stereocenters. The van der Waals surface area contributed by atoms with E-state index in [4.69, 9.17) is 18.3 Å². The highest BCUT2D eigenvalue weighted by atomic mass is 32.2. The van der Waals surface area contributed by atoms with Crippen LogP contribution < -0.4 is 4.74 Å². The number of nitro benzene ring substituents is 1. The van der Waals surface area contributed by atoms with Crippen LogP contribution in [0.1, 0.15) is 42.4 Å². The average molecular weight is 792 g/mol. The van der Waals surface area contributed by atoms with Gasteiger partial charge in [0.05, 0.1) is 42.4 Å². The first-order valence-corrected chi connectivity index (χ1v) is 21.3. The molecule has 4 aromatic carbocycles. The lowest BCUT2D eigenvalue weighted by molar-refractivity contribution is -0.384. The van der Waals surface area contributed by atoms with E-state index in [-0.39, 0.29) is 23.8 Å². The summed E-state index contributed by atoms with van der Waals surface area (Å²) in [4.78, 5) is 12.9. The topological polar surface area (TPSA) is 158 Å². The molecule has 4 aromatic rings. The maximum absolute atomic E-state index is 14.5. The minimum Gasteiger partial charge on any atom is -0.497 e. The highest BCUT2D eigenvalue weighted by Gasteiger charge is 2.61. The minimum absolute atomic E-state index is 0.00189. The SMILES string of the molecule is COc1ccc(C[C@H]2[C@@H](O)[C@H]3C[C@@]4(CC[C@@H]3OP(=O)(OCc3ccccc3)OCc3ccccc3)C[C@H](N(C)S(=O)(=O)c3ccc([N+](=O)[O-])cc3)CN24)cc1. The van der Waals surface area contributed by atoms with Crippen LogP contribution in [0.15, 0.2) is 114 Å². The van der Waals surface area contributed by atoms with Crippen molar-refractivity contribution in [3.63, 3.8) is 0 Å². The Labute approximate surface area is 321 Å². The highest BCUT2D eigenvalue weighted by Crippen LogP contribution is 2.58. The summed E-state index contributed by atoms with van der Waals surface area (Å²) in [5.74, 6) is 0.244. The van der Waals surface area contributed by atoms with Gasteiger partial charge in [0, 0.05) is 49.3 Å². The normalized spacial score (nSPS) is 25.4. The summed E-state index contributed by atoms with van der Waals surface area (Å²) < 4.78 is 67.5. The van der Waals surface area contributed by atoms with Crippen molar-refractivity contribution in [2.24, 2.45) is 5.92 Å². The molecule has 3 fully saturated rings. The number of aliphatic hydroxyl groups is 1. The van der Waals surface area contributed by atoms with Crippen LogP contribution in [-0.2, 0) is 47.8 Å². The maximum atomic E-state index is 14.5. The van der Waals surface area contributed by atoms with Crippen molar-refractivity contribution >= 4 is 23.5 Å². The Morgan fingerprint density at radius 2 is 1.49 bits per heavy atom. The second kappa shape index (κ2) is 16.2. The molecule has 292 valence electrons. The number of fused-ring (bicyclic) bond motifs is 1. The standard InChI is InChI=1S/C40H46N3O10PS/c1-41(55(48,49)35-19-15-32(16-20-35)43(45)46)33-24-40-22-21-38(36(25-40)39(44)37(42(40)26-33)23-29-13-17-34(50-2)18-14-29)53-54(47,51-27-30-9-5-3-6-10-30)52-28-31-11-7-4-8-12-31/h3-20,33,36-39,44H,21-28H2,1-2H3/t33-,36-,37-,38-,39-,40+/m0/s1. The number of aliphatic hydroxyl groups excluding tert-OH is 1. The molecular formula is C40H46N3O10PS. The lowest BCUT2D eigenvalue weighted by atomic mass is 9.65. The third-order valence-electron chi connectivity index (χ3n) is 11.4. The molecule has 15 heteroatoms. The van der Waals surface area contributed by atoms with E-state index in [1.54, 1.807) is 14.2 Å². The van der Waals surface area contributed by atoms with Gasteiger partial charge in [0.25, 0.3) is 5.69 Å². The second-order valence-corrected chi connectivity index (χ2v) is 18.3. The van der Waals surface area contributed by atoms with E-state index in [0.717, 1.165) is 16.7 Å². The van der Waals surface area contributed by atoms with Gasteiger partial charge < -0.3 is 9.84 Å². The third kappa shape index (κ3) is 8.42. The number of likely N-dealkylation sites (N-methyl/N-ethyl adjacent to an activating group) is 1. The first-order chi connectivity index (χ1) is 26.4. The molecule has 2 aliphatic heterocycles. The molecule has 1 N–H and O–H groups in total. The number of hydrogen-bond donors (Lipinski definition) is 1. The number of ether oxygens (including phenoxy) is 1. The lowest BCUT2D eigenvalue weighted by Crippen LogP contribution is -2.66. The van der Waals surface area contributed by atoms with Gasteiger partial charge >= 0.3 is 7.82 Å². The molecule has 2 heterocycles. The van der Waals surface area contributed by atoms with Crippen molar-refractivity contribution in [1.29, 1.82) is 0 Å². The summed E-state index contributed by atoms with van der Waals surface area (Å²) in [6.07, 6.45) is 0.890. The van der Waals surface area contributed by atoms with Crippen LogP contribution in [0.3, 0.4) is 0 Å². The highest BCUT2D eigenvalue weighted by molar-refractivity contribution is 7.89. The number of phosphoric acid groups is 1. The van der Waals surface area contributed by atoms with Crippen LogP contribution in [0.4, 0.5) is 5.69 Å². The summed E-state index contributed by atoms with van der Waals surface area (Å²) in [7, 11) is -5.05. The number of benzene rings is 4. The predicted molar refractivity (Wildman–Crippen MR) is 205 cm³/mol. The molecular weight excluding hydrogens is 745 g/mol. The van der Waals surface area contributed by atoms with E-state index in [2.05, 4.69) is 4.90 Å². The fourth-order valence-electron chi connectivity index (χ4n) is 8.51. The van der Waals surface area contributed by atoms with E-state index in [9.17, 15) is 28.2 Å². The summed E-state index contributed by atoms with van der Waals surface area (Å²) in [6, 6.07) is 30.4. The van der Waals surface area contributed by atoms with Gasteiger partial charge in [-0.25, -0.2) is 13.0 Å². The average Bonchev–Trinajstić information content (AvgIpc) is 3.58. The van der Waals surface area contributed by atoms with Gasteiger partial charge in [0.2, 0.25) is 10.0 Å². The van der Waals surface area contributed by atoms with Gasteiger partial charge in [-0.15, -0.1) is 0 Å². The van der Waals surface area contributed by atoms with E-state index < -0.39 is 58.5 Å². The molecule has 0 amide bonds. The number of piperidine rings is 1. The van der Waals surface area contributed by atoms with Crippen LogP contribution in [-0.4, -0.2) is 78.2 Å². The molecule has 0 unspecified atom stereocenters. The largest absolute Gasteiger partial charge is 0.497 e. The van der Waals surface area contributed by atoms with Crippen molar-refractivity contribution in [3.05, 3.63) is 136 Å². The first-order valence-electron chi connectivity index (χ1n) is 18.4. The lowest BCUT2D eigenvalue weighted by Gasteiger charge is -2.57. The van der Waals surface area contributed by atoms with Gasteiger partial charge in [-0.1, -0.05) is 72.8 Å². The molecule has 1 spiro atoms. The van der Waals surface area contributed by atoms with Crippen molar-refractivity contribution in [3.8, 4) is 5.75 Å². The van der Waals surface area contributed by atoms with Crippen molar-refractivity contribution < 1.29 is 41.3 Å². The zero-order valence-corrected chi connectivity index (χ0v) is 32.5. The van der Waals surface area contributed by atoms with Crippen LogP contribution in [0.5, 0.6) is 5.75 Å². The zero-order chi connectivity index (χ0) is 38.8. The molecule has 1 saturated carbocycles. The van der Waals surface area contributed by atoms with Gasteiger partial charge in [-0.05, 0) is 73.1 Å². The van der Waals surface area contributed by atoms with Crippen molar-refractivity contribution in [2.45, 2.75) is 80.0 Å². The first kappa shape index (κ1) is 39.3. The quantitative estimate of drug-likeness (QED) is 0.0772. The number of rotatable bonds is 15. The van der Waals surface area contributed by atoms with Gasteiger partial charge in [-0.2, -0.15) is 4.31 Å². The van der Waals surface area contributed by atoms with E-state index in [1.165, 1.54) is 28.6 Å². The van der Waals surface area contributed by atoms with Crippen LogP contribution in [0.25, 0.3) is 0 Å². The zero-order valence-electron chi connectivity index (χ0n) is 30.8. The second-order valence-electron chi connectivity index (χ2n) is 14.6. The predicted octanol–water partition coefficient (Wildman–Crippen LogP) is 6.75. The summed E-state index contributed by atoms with van der Waals surface area (Å²) in [6.45, 7) is 0.377. The van der Waals surface area contributed by atoms with Gasteiger partial charge in [-0.3, -0.25) is 28.6 Å². The molecule has 2 bridgehead atoms.